The summed E-state index contributed by atoms with van der Waals surface area (Å²) in [6.45, 7) is 5.00. The summed E-state index contributed by atoms with van der Waals surface area (Å²) in [4.78, 5) is 7.75. The van der Waals surface area contributed by atoms with E-state index in [0.29, 0.717) is 0 Å². The fraction of sp³-hybridized carbons (Fsp3) is 0.286. The molecule has 0 bridgehead atoms. The molecular formula is C14H15N3S2. The number of nitrogens with zero attached hydrogens (tertiary/aromatic N) is 2. The summed E-state index contributed by atoms with van der Waals surface area (Å²) >= 11 is 7.12. The van der Waals surface area contributed by atoms with Gasteiger partial charge >= 0.3 is 0 Å². The van der Waals surface area contributed by atoms with Gasteiger partial charge in [0.1, 0.15) is 0 Å². The lowest BCUT2D eigenvalue weighted by Gasteiger charge is -2.03. The van der Waals surface area contributed by atoms with Gasteiger partial charge in [0, 0.05) is 24.0 Å². The maximum Gasteiger partial charge on any atom is 0.178 e. The molecule has 0 saturated carbocycles. The van der Waals surface area contributed by atoms with Crippen LogP contribution >= 0.6 is 23.6 Å². The van der Waals surface area contributed by atoms with Crippen LogP contribution < -0.4 is 0 Å². The van der Waals surface area contributed by atoms with Crippen LogP contribution in [0.15, 0.2) is 23.6 Å². The molecule has 3 rings (SSSR count). The van der Waals surface area contributed by atoms with Gasteiger partial charge in [0.2, 0.25) is 0 Å². The molecule has 0 spiro atoms. The Hall–Kier alpha value is -1.46. The van der Waals surface area contributed by atoms with E-state index in [-0.39, 0.29) is 0 Å². The van der Waals surface area contributed by atoms with Crippen LogP contribution in [0.1, 0.15) is 16.3 Å². The summed E-state index contributed by atoms with van der Waals surface area (Å²) in [6, 6.07) is 6.36. The highest BCUT2D eigenvalue weighted by Crippen LogP contribution is 2.17. The van der Waals surface area contributed by atoms with E-state index in [4.69, 9.17) is 12.2 Å². The average molecular weight is 289 g/mol. The molecule has 0 fully saturated rings. The first-order chi connectivity index (χ1) is 9.13. The summed E-state index contributed by atoms with van der Waals surface area (Å²) < 4.78 is 2.95. The third kappa shape index (κ3) is 2.48. The number of fused-ring (bicyclic) bond motifs is 1. The number of nitrogens with one attached hydrogen (secondary N) is 1. The maximum absolute atomic E-state index is 5.41. The molecule has 5 heteroatoms. The van der Waals surface area contributed by atoms with Crippen molar-refractivity contribution in [1.82, 2.24) is 14.5 Å². The zero-order chi connectivity index (χ0) is 13.4. The summed E-state index contributed by atoms with van der Waals surface area (Å²) in [5.41, 5.74) is 4.63. The Morgan fingerprint density at radius 2 is 2.21 bits per heavy atom. The number of hydrogen-bond acceptors (Lipinski definition) is 3. The monoisotopic (exact) mass is 289 g/mol. The molecule has 0 unspecified atom stereocenters. The highest BCUT2D eigenvalue weighted by Gasteiger charge is 2.06. The fourth-order valence-electron chi connectivity index (χ4n) is 2.21. The Labute approximate surface area is 120 Å². The molecule has 2 heterocycles. The van der Waals surface area contributed by atoms with E-state index < -0.39 is 0 Å². The summed E-state index contributed by atoms with van der Waals surface area (Å²) in [5, 5.41) is 3.26. The summed E-state index contributed by atoms with van der Waals surface area (Å²) in [5.74, 6) is 0. The quantitative estimate of drug-likeness (QED) is 0.739. The highest BCUT2D eigenvalue weighted by molar-refractivity contribution is 7.71. The SMILES string of the molecule is Cc1ccc2[nH]c(=S)n(CCc3nc(C)cs3)c2c1. The zero-order valence-electron chi connectivity index (χ0n) is 10.9. The topological polar surface area (TPSA) is 33.6 Å². The average Bonchev–Trinajstić information content (AvgIpc) is 2.90. The van der Waals surface area contributed by atoms with Crippen molar-refractivity contribution in [2.24, 2.45) is 0 Å². The Morgan fingerprint density at radius 3 is 2.95 bits per heavy atom. The number of thiazole rings is 1. The third-order valence-electron chi connectivity index (χ3n) is 3.15. The molecule has 0 atom stereocenters. The lowest BCUT2D eigenvalue weighted by molar-refractivity contribution is 0.702. The highest BCUT2D eigenvalue weighted by atomic mass is 32.1. The first-order valence-corrected chi connectivity index (χ1v) is 7.52. The molecule has 19 heavy (non-hydrogen) atoms. The molecule has 1 aromatic carbocycles. The van der Waals surface area contributed by atoms with Gasteiger partial charge in [-0.05, 0) is 43.8 Å². The molecular weight excluding hydrogens is 274 g/mol. The Balaban J connectivity index is 1.94. The van der Waals surface area contributed by atoms with Crippen molar-refractivity contribution >= 4 is 34.6 Å². The second kappa shape index (κ2) is 4.90. The van der Waals surface area contributed by atoms with Crippen LogP contribution in [0.3, 0.4) is 0 Å². The Kier molecular flexibility index (Phi) is 3.24. The minimum atomic E-state index is 0.786. The van der Waals surface area contributed by atoms with Crippen LogP contribution in [0.25, 0.3) is 11.0 Å². The molecule has 3 nitrogen and oxygen atoms in total. The first kappa shape index (κ1) is 12.6. The normalized spacial score (nSPS) is 11.3. The van der Waals surface area contributed by atoms with Crippen LogP contribution in [0, 0.1) is 18.6 Å². The van der Waals surface area contributed by atoms with Gasteiger partial charge in [0.15, 0.2) is 4.77 Å². The van der Waals surface area contributed by atoms with Gasteiger partial charge in [0.25, 0.3) is 0 Å². The Bertz CT molecular complexity index is 779. The van der Waals surface area contributed by atoms with Gasteiger partial charge in [-0.1, -0.05) is 6.07 Å². The number of imidazole rings is 1. The maximum atomic E-state index is 5.41. The van der Waals surface area contributed by atoms with Crippen LogP contribution in [0.5, 0.6) is 0 Å². The van der Waals surface area contributed by atoms with Crippen LogP contribution in [0.4, 0.5) is 0 Å². The molecule has 0 aliphatic rings. The van der Waals surface area contributed by atoms with Crippen molar-refractivity contribution in [3.63, 3.8) is 0 Å². The minimum Gasteiger partial charge on any atom is -0.331 e. The van der Waals surface area contributed by atoms with E-state index in [9.17, 15) is 0 Å². The summed E-state index contributed by atoms with van der Waals surface area (Å²) in [6.07, 6.45) is 0.924. The van der Waals surface area contributed by atoms with Crippen LogP contribution in [-0.4, -0.2) is 14.5 Å². The zero-order valence-corrected chi connectivity index (χ0v) is 12.6. The van der Waals surface area contributed by atoms with Crippen molar-refractivity contribution in [1.29, 1.82) is 0 Å². The second-order valence-corrected chi connectivity index (χ2v) is 6.06. The third-order valence-corrected chi connectivity index (χ3v) is 4.50. The number of rotatable bonds is 3. The van der Waals surface area contributed by atoms with Gasteiger partial charge in [0.05, 0.1) is 16.0 Å². The van der Waals surface area contributed by atoms with Gasteiger partial charge in [-0.15, -0.1) is 11.3 Å². The standard InChI is InChI=1S/C14H15N3S2/c1-9-3-4-11-12(7-9)17(14(18)16-11)6-5-13-15-10(2)8-19-13/h3-4,7-8H,5-6H2,1-2H3,(H,16,18). The van der Waals surface area contributed by atoms with Crippen molar-refractivity contribution in [3.8, 4) is 0 Å². The van der Waals surface area contributed by atoms with Crippen LogP contribution in [-0.2, 0) is 13.0 Å². The summed E-state index contributed by atoms with van der Waals surface area (Å²) in [7, 11) is 0. The van der Waals surface area contributed by atoms with E-state index in [1.807, 2.05) is 6.92 Å². The molecule has 0 amide bonds. The van der Waals surface area contributed by atoms with E-state index in [1.165, 1.54) is 16.1 Å². The molecule has 2 aromatic heterocycles. The van der Waals surface area contributed by atoms with E-state index in [2.05, 4.69) is 45.0 Å². The molecule has 3 aromatic rings. The van der Waals surface area contributed by atoms with Gasteiger partial charge in [-0.3, -0.25) is 0 Å². The largest absolute Gasteiger partial charge is 0.331 e. The van der Waals surface area contributed by atoms with Gasteiger partial charge in [-0.25, -0.2) is 4.98 Å². The lowest BCUT2D eigenvalue weighted by Crippen LogP contribution is -2.01. The van der Waals surface area contributed by atoms with Gasteiger partial charge < -0.3 is 9.55 Å². The molecule has 0 saturated heterocycles. The molecule has 1 N–H and O–H groups in total. The molecule has 0 aliphatic carbocycles. The lowest BCUT2D eigenvalue weighted by atomic mass is 10.2. The van der Waals surface area contributed by atoms with Crippen molar-refractivity contribution in [2.45, 2.75) is 26.8 Å². The van der Waals surface area contributed by atoms with Crippen molar-refractivity contribution in [2.75, 3.05) is 0 Å². The number of aromatic nitrogens is 3. The molecule has 0 aliphatic heterocycles. The van der Waals surface area contributed by atoms with Gasteiger partial charge in [-0.2, -0.15) is 0 Å². The minimum absolute atomic E-state index is 0.786. The number of benzene rings is 1. The smallest absolute Gasteiger partial charge is 0.178 e. The number of H-pyrrole nitrogens is 1. The second-order valence-electron chi connectivity index (χ2n) is 4.74. The Morgan fingerprint density at radius 1 is 1.37 bits per heavy atom. The van der Waals surface area contributed by atoms with Crippen molar-refractivity contribution < 1.29 is 0 Å². The van der Waals surface area contributed by atoms with E-state index in [1.54, 1.807) is 11.3 Å². The predicted molar refractivity (Wildman–Crippen MR) is 82.4 cm³/mol. The molecule has 0 radical (unpaired) electrons. The van der Waals surface area contributed by atoms with E-state index >= 15 is 0 Å². The van der Waals surface area contributed by atoms with Crippen molar-refractivity contribution in [3.05, 3.63) is 44.6 Å². The fourth-order valence-corrected chi connectivity index (χ4v) is 3.27. The van der Waals surface area contributed by atoms with Crippen LogP contribution in [0.2, 0.25) is 0 Å². The number of aromatic amines is 1. The molecule has 98 valence electrons. The predicted octanol–water partition coefficient (Wildman–Crippen LogP) is 4.01. The number of hydrogen-bond donors (Lipinski definition) is 1. The number of aryl methyl sites for hydroxylation is 4. The first-order valence-electron chi connectivity index (χ1n) is 6.23. The van der Waals surface area contributed by atoms with E-state index in [0.717, 1.165) is 28.9 Å².